The fourth-order valence-electron chi connectivity index (χ4n) is 4.48. The Morgan fingerprint density at radius 2 is 1.66 bits per heavy atom. The van der Waals surface area contributed by atoms with Crippen LogP contribution in [0.25, 0.3) is 11.0 Å². The highest BCUT2D eigenvalue weighted by Gasteiger charge is 2.29. The van der Waals surface area contributed by atoms with E-state index >= 15 is 0 Å². The maximum atomic E-state index is 13.1. The van der Waals surface area contributed by atoms with E-state index in [1.807, 2.05) is 33.7 Å². The number of nitrogens with zero attached hydrogens (tertiary/aromatic N) is 3. The molecule has 29 heavy (non-hydrogen) atoms. The lowest BCUT2D eigenvalue weighted by Crippen LogP contribution is -2.32. The van der Waals surface area contributed by atoms with Crippen molar-refractivity contribution in [1.29, 1.82) is 0 Å². The predicted molar refractivity (Wildman–Crippen MR) is 116 cm³/mol. The highest BCUT2D eigenvalue weighted by atomic mass is 16.2. The molecule has 1 aromatic heterocycles. The Hall–Kier alpha value is -2.82. The lowest BCUT2D eigenvalue weighted by Gasteiger charge is -2.25. The van der Waals surface area contributed by atoms with Crippen molar-refractivity contribution in [1.82, 2.24) is 14.0 Å². The molecule has 0 N–H and O–H groups in total. The fourth-order valence-corrected chi connectivity index (χ4v) is 4.48. The Kier molecular flexibility index (Phi) is 5.56. The summed E-state index contributed by atoms with van der Waals surface area (Å²) in [6.07, 6.45) is 3.28. The van der Waals surface area contributed by atoms with Crippen LogP contribution in [0.4, 0.5) is 0 Å². The average molecular weight is 392 g/mol. The number of hydrogen-bond acceptors (Lipinski definition) is 2. The van der Waals surface area contributed by atoms with Crippen molar-refractivity contribution in [2.24, 2.45) is 0 Å². The van der Waals surface area contributed by atoms with Gasteiger partial charge in [0.2, 0.25) is 5.91 Å². The molecule has 5 nitrogen and oxygen atoms in total. The zero-order valence-electron chi connectivity index (χ0n) is 17.3. The number of aromatic nitrogens is 2. The van der Waals surface area contributed by atoms with Gasteiger partial charge in [-0.05, 0) is 43.9 Å². The molecule has 1 aliphatic heterocycles. The van der Waals surface area contributed by atoms with Crippen LogP contribution in [-0.2, 0) is 17.9 Å². The van der Waals surface area contributed by atoms with Gasteiger partial charge in [0.15, 0.2) is 0 Å². The maximum absolute atomic E-state index is 13.1. The second-order valence-corrected chi connectivity index (χ2v) is 7.98. The van der Waals surface area contributed by atoms with Crippen LogP contribution in [0.3, 0.4) is 0 Å². The first-order valence-corrected chi connectivity index (χ1v) is 10.6. The van der Waals surface area contributed by atoms with Crippen LogP contribution in [0.2, 0.25) is 0 Å². The summed E-state index contributed by atoms with van der Waals surface area (Å²) in [7, 11) is 0. The molecular formula is C24H29N3O2. The molecule has 1 saturated heterocycles. The van der Waals surface area contributed by atoms with Gasteiger partial charge in [-0.25, -0.2) is 4.79 Å². The molecule has 0 saturated carbocycles. The highest BCUT2D eigenvalue weighted by Crippen LogP contribution is 2.32. The van der Waals surface area contributed by atoms with Crippen LogP contribution in [0.5, 0.6) is 0 Å². The summed E-state index contributed by atoms with van der Waals surface area (Å²) in [5.74, 6) is 0.132. The van der Waals surface area contributed by atoms with E-state index in [1.54, 1.807) is 4.57 Å². The molecule has 1 aliphatic rings. The Morgan fingerprint density at radius 3 is 2.31 bits per heavy atom. The molecule has 1 atom stereocenters. The standard InChI is InChI=1S/C24H29N3O2/c1-3-15-26-21-7-4-5-8-22(21)27(24(26)29)17-14-23(28)25-16-6-9-20(25)19-12-10-18(2)11-13-19/h4-5,7-8,10-13,20H,3,6,9,14-17H2,1-2H3. The molecule has 152 valence electrons. The van der Waals surface area contributed by atoms with Gasteiger partial charge in [-0.2, -0.15) is 0 Å². The highest BCUT2D eigenvalue weighted by molar-refractivity contribution is 5.78. The number of hydrogen-bond donors (Lipinski definition) is 0. The minimum absolute atomic E-state index is 0.0163. The molecule has 0 radical (unpaired) electrons. The quantitative estimate of drug-likeness (QED) is 0.630. The molecule has 3 aromatic rings. The average Bonchev–Trinajstić information content (AvgIpc) is 3.31. The van der Waals surface area contributed by atoms with E-state index in [2.05, 4.69) is 38.1 Å². The SMILES string of the molecule is CCCn1c(=O)n(CCC(=O)N2CCCC2c2ccc(C)cc2)c2ccccc21. The molecule has 4 rings (SSSR count). The first-order chi connectivity index (χ1) is 14.1. The van der Waals surface area contributed by atoms with Crippen LogP contribution >= 0.6 is 0 Å². The third kappa shape index (κ3) is 3.74. The summed E-state index contributed by atoms with van der Waals surface area (Å²) in [4.78, 5) is 28.0. The van der Waals surface area contributed by atoms with Crippen molar-refractivity contribution in [3.63, 3.8) is 0 Å². The van der Waals surface area contributed by atoms with Crippen LogP contribution in [0.1, 0.15) is 49.8 Å². The first-order valence-electron chi connectivity index (χ1n) is 10.6. The lowest BCUT2D eigenvalue weighted by molar-refractivity contribution is -0.132. The minimum atomic E-state index is -0.0163. The summed E-state index contributed by atoms with van der Waals surface area (Å²) < 4.78 is 3.59. The summed E-state index contributed by atoms with van der Waals surface area (Å²) in [6.45, 7) is 6.06. The van der Waals surface area contributed by atoms with Crippen LogP contribution in [0, 0.1) is 6.92 Å². The number of fused-ring (bicyclic) bond motifs is 1. The Morgan fingerprint density at radius 1 is 1.00 bits per heavy atom. The van der Waals surface area contributed by atoms with Crippen LogP contribution in [0.15, 0.2) is 53.3 Å². The normalized spacial score (nSPS) is 16.6. The van der Waals surface area contributed by atoms with Crippen LogP contribution in [-0.4, -0.2) is 26.5 Å². The van der Waals surface area contributed by atoms with Gasteiger partial charge in [0.1, 0.15) is 0 Å². The number of imidazole rings is 1. The van der Waals surface area contributed by atoms with E-state index in [-0.39, 0.29) is 17.6 Å². The zero-order chi connectivity index (χ0) is 20.4. The van der Waals surface area contributed by atoms with Gasteiger partial charge >= 0.3 is 5.69 Å². The molecule has 1 amide bonds. The third-order valence-corrected chi connectivity index (χ3v) is 5.96. The van der Waals surface area contributed by atoms with E-state index in [0.717, 1.165) is 36.8 Å². The number of amides is 1. The molecular weight excluding hydrogens is 362 g/mol. The molecule has 5 heteroatoms. The van der Waals surface area contributed by atoms with E-state index < -0.39 is 0 Å². The van der Waals surface area contributed by atoms with Crippen molar-refractivity contribution in [2.75, 3.05) is 6.54 Å². The Balaban J connectivity index is 1.53. The van der Waals surface area contributed by atoms with Crippen LogP contribution < -0.4 is 5.69 Å². The number of carbonyl (C=O) groups is 1. The van der Waals surface area contributed by atoms with Gasteiger partial charge in [0, 0.05) is 26.1 Å². The van der Waals surface area contributed by atoms with Crippen molar-refractivity contribution in [3.8, 4) is 0 Å². The summed E-state index contributed by atoms with van der Waals surface area (Å²) in [5.41, 5.74) is 4.28. The molecule has 1 fully saturated rings. The molecule has 0 spiro atoms. The van der Waals surface area contributed by atoms with Gasteiger partial charge < -0.3 is 4.90 Å². The van der Waals surface area contributed by atoms with E-state index in [4.69, 9.17) is 0 Å². The molecule has 2 heterocycles. The van der Waals surface area contributed by atoms with E-state index in [1.165, 1.54) is 11.1 Å². The van der Waals surface area contributed by atoms with Crippen molar-refractivity contribution in [3.05, 3.63) is 70.1 Å². The van der Waals surface area contributed by atoms with E-state index in [0.29, 0.717) is 19.5 Å². The lowest BCUT2D eigenvalue weighted by atomic mass is 10.0. The zero-order valence-corrected chi connectivity index (χ0v) is 17.3. The van der Waals surface area contributed by atoms with Crippen molar-refractivity contribution >= 4 is 16.9 Å². The fraction of sp³-hybridized carbons (Fsp3) is 0.417. The molecule has 0 aliphatic carbocycles. The summed E-state index contributed by atoms with van der Waals surface area (Å²) in [5, 5.41) is 0. The van der Waals surface area contributed by atoms with Gasteiger partial charge in [-0.1, -0.05) is 48.9 Å². The number of para-hydroxylation sites is 2. The molecule has 1 unspecified atom stereocenters. The van der Waals surface area contributed by atoms with Gasteiger partial charge in [0.05, 0.1) is 17.1 Å². The number of benzene rings is 2. The largest absolute Gasteiger partial charge is 0.336 e. The van der Waals surface area contributed by atoms with Crippen molar-refractivity contribution < 1.29 is 4.79 Å². The van der Waals surface area contributed by atoms with E-state index in [9.17, 15) is 9.59 Å². The van der Waals surface area contributed by atoms with Gasteiger partial charge in [-0.3, -0.25) is 13.9 Å². The second kappa shape index (κ2) is 8.27. The van der Waals surface area contributed by atoms with Gasteiger partial charge in [0.25, 0.3) is 0 Å². The smallest absolute Gasteiger partial charge is 0.329 e. The topological polar surface area (TPSA) is 47.2 Å². The molecule has 0 bridgehead atoms. The first kappa shape index (κ1) is 19.5. The number of aryl methyl sites for hydroxylation is 3. The van der Waals surface area contributed by atoms with Crippen molar-refractivity contribution in [2.45, 2.75) is 58.7 Å². The Labute approximate surface area is 171 Å². The number of carbonyl (C=O) groups excluding carboxylic acids is 1. The third-order valence-electron chi connectivity index (χ3n) is 5.96. The summed E-state index contributed by atoms with van der Waals surface area (Å²) in [6, 6.07) is 16.5. The second-order valence-electron chi connectivity index (χ2n) is 7.98. The maximum Gasteiger partial charge on any atom is 0.329 e. The predicted octanol–water partition coefficient (Wildman–Crippen LogP) is 4.28. The van der Waals surface area contributed by atoms with Gasteiger partial charge in [-0.15, -0.1) is 0 Å². The molecule has 2 aromatic carbocycles. The summed E-state index contributed by atoms with van der Waals surface area (Å²) >= 11 is 0. The number of rotatable bonds is 6. The monoisotopic (exact) mass is 391 g/mol. The Bertz CT molecular complexity index is 1060. The minimum Gasteiger partial charge on any atom is -0.336 e. The number of likely N-dealkylation sites (tertiary alicyclic amines) is 1.